The van der Waals surface area contributed by atoms with Crippen LogP contribution in [0.3, 0.4) is 0 Å². The molecule has 0 aromatic heterocycles. The van der Waals surface area contributed by atoms with Gasteiger partial charge in [-0.1, -0.05) is 38.8 Å². The summed E-state index contributed by atoms with van der Waals surface area (Å²) in [5.74, 6) is -0.516. The molecule has 8 heteroatoms. The van der Waals surface area contributed by atoms with Crippen LogP contribution in [-0.4, -0.2) is 67.5 Å². The maximum absolute atomic E-state index is 14.1. The Labute approximate surface area is 296 Å². The van der Waals surface area contributed by atoms with Crippen LogP contribution in [0.15, 0.2) is 23.3 Å². The maximum Gasteiger partial charge on any atom is 0.190 e. The zero-order valence-corrected chi connectivity index (χ0v) is 30.7. The van der Waals surface area contributed by atoms with Gasteiger partial charge in [-0.05, 0) is 148 Å². The average molecular weight is 691 g/mol. The molecule has 0 spiro atoms. The van der Waals surface area contributed by atoms with Crippen LogP contribution in [0.4, 0.5) is 0 Å². The van der Waals surface area contributed by atoms with Crippen LogP contribution in [0, 0.1) is 62.6 Å². The molecule has 0 heterocycles. The fourth-order valence-electron chi connectivity index (χ4n) is 16.1. The third kappa shape index (κ3) is 3.88. The second-order valence-electron chi connectivity index (χ2n) is 19.3. The lowest BCUT2D eigenvalue weighted by Crippen LogP contribution is -2.69. The lowest BCUT2D eigenvalue weighted by molar-refractivity contribution is -0.232. The molecule has 1 unspecified atom stereocenters. The molecule has 4 N–H and O–H groups in total. The van der Waals surface area contributed by atoms with E-state index in [1.165, 1.54) is 12.5 Å². The number of Topliss-reactive ketones (excluding diaryl/α,β-unsaturated/α-hetero) is 2. The fraction of sp³-hybridized carbons (Fsp3) is 0.810. The summed E-state index contributed by atoms with van der Waals surface area (Å²) in [5.41, 5.74) is -3.58. The SMILES string of the molecule is CC(=O)[C@@]1(O)CC[C@H]2[C@@H]3CCC4=CC(=O)CC([C@]56CC[C@@]7(C)[C@@H](CC[C@]7(O)C(=O)CO)[C@@H]5CCC5=CC(=O)CC[C@@]56C)[C@]4(C)[C@H]3[C@@H](O)C[C@@]21C. The Morgan fingerprint density at radius 3 is 2.12 bits per heavy atom. The number of hydrogen-bond donors (Lipinski definition) is 4. The summed E-state index contributed by atoms with van der Waals surface area (Å²) in [5, 5.41) is 46.4. The van der Waals surface area contributed by atoms with E-state index in [9.17, 15) is 39.6 Å². The van der Waals surface area contributed by atoms with E-state index in [0.717, 1.165) is 37.7 Å². The smallest absolute Gasteiger partial charge is 0.190 e. The summed E-state index contributed by atoms with van der Waals surface area (Å²) >= 11 is 0. The molecular weight excluding hydrogens is 632 g/mol. The summed E-state index contributed by atoms with van der Waals surface area (Å²) < 4.78 is 0. The van der Waals surface area contributed by atoms with Gasteiger partial charge in [0, 0.05) is 23.7 Å². The van der Waals surface area contributed by atoms with Crippen LogP contribution in [-0.2, 0) is 19.2 Å². The molecule has 0 aliphatic heterocycles. The van der Waals surface area contributed by atoms with Crippen LogP contribution in [0.1, 0.15) is 125 Å². The number of aliphatic hydroxyl groups excluding tert-OH is 2. The van der Waals surface area contributed by atoms with E-state index in [4.69, 9.17) is 0 Å². The van der Waals surface area contributed by atoms with Crippen LogP contribution >= 0.6 is 0 Å². The number of hydrogen-bond acceptors (Lipinski definition) is 8. The number of ketones is 4. The van der Waals surface area contributed by atoms with Gasteiger partial charge in [-0.25, -0.2) is 0 Å². The second-order valence-corrected chi connectivity index (χ2v) is 19.3. The number of carbonyl (C=O) groups is 4. The fourth-order valence-corrected chi connectivity index (χ4v) is 16.1. The minimum atomic E-state index is -1.61. The van der Waals surface area contributed by atoms with Gasteiger partial charge in [-0.2, -0.15) is 0 Å². The lowest BCUT2D eigenvalue weighted by Gasteiger charge is -2.73. The van der Waals surface area contributed by atoms with E-state index in [-0.39, 0.29) is 58.3 Å². The second kappa shape index (κ2) is 10.8. The van der Waals surface area contributed by atoms with Gasteiger partial charge in [-0.3, -0.25) is 19.2 Å². The number of carbonyl (C=O) groups excluding carboxylic acids is 4. The van der Waals surface area contributed by atoms with Crippen molar-refractivity contribution in [2.45, 2.75) is 142 Å². The first-order valence-electron chi connectivity index (χ1n) is 19.6. The minimum Gasteiger partial charge on any atom is -0.393 e. The predicted octanol–water partition coefficient (Wildman–Crippen LogP) is 5.23. The molecule has 8 rings (SSSR count). The summed E-state index contributed by atoms with van der Waals surface area (Å²) in [6.45, 7) is 9.52. The number of allylic oxidation sites excluding steroid dienone is 2. The minimum absolute atomic E-state index is 0.000161. The molecule has 8 aliphatic rings. The molecule has 6 saturated carbocycles. The summed E-state index contributed by atoms with van der Waals surface area (Å²) in [6, 6.07) is 0. The van der Waals surface area contributed by atoms with Gasteiger partial charge in [0.2, 0.25) is 0 Å². The van der Waals surface area contributed by atoms with E-state index < -0.39 is 51.4 Å². The van der Waals surface area contributed by atoms with Gasteiger partial charge >= 0.3 is 0 Å². The Balaban J connectivity index is 1.31. The van der Waals surface area contributed by atoms with Crippen LogP contribution in [0.2, 0.25) is 0 Å². The molecule has 6 fully saturated rings. The first-order chi connectivity index (χ1) is 23.4. The van der Waals surface area contributed by atoms with Crippen molar-refractivity contribution in [1.82, 2.24) is 0 Å². The normalized spacial score (nSPS) is 53.9. The number of aliphatic hydroxyl groups is 4. The summed E-state index contributed by atoms with van der Waals surface area (Å²) in [4.78, 5) is 53.4. The molecule has 274 valence electrons. The standard InChI is InChI=1S/C42H58O8/c1-23(44)41(49)14-11-29-28-8-6-25-19-27(46)20-33(39(25,5)35(28)32(47)21-38(29,41)4)40-17-16-37(3)30(12-15-42(37,50)34(48)22-43)31(40)9-7-24-18-26(45)10-13-36(24,40)2/h18-19,28-33,35,43,47,49-50H,6-17,20-22H2,1-5H3/t28-,29-,30-,31-,32-,33?,35+,36-,37-,38-,39+,40-,41-,42-/m0/s1. The maximum atomic E-state index is 14.1. The van der Waals surface area contributed by atoms with Crippen LogP contribution in [0.25, 0.3) is 0 Å². The molecule has 14 atom stereocenters. The van der Waals surface area contributed by atoms with Gasteiger partial charge in [0.15, 0.2) is 23.1 Å². The third-order valence-electron chi connectivity index (χ3n) is 18.5. The molecule has 0 amide bonds. The van der Waals surface area contributed by atoms with Crippen LogP contribution < -0.4 is 0 Å². The number of fused-ring (bicyclic) bond motifs is 10. The topological polar surface area (TPSA) is 149 Å². The molecule has 0 radical (unpaired) electrons. The van der Waals surface area contributed by atoms with Crippen molar-refractivity contribution in [3.05, 3.63) is 23.3 Å². The molecule has 0 saturated heterocycles. The summed E-state index contributed by atoms with van der Waals surface area (Å²) in [6.07, 6.45) is 11.3. The highest BCUT2D eigenvalue weighted by atomic mass is 16.3. The van der Waals surface area contributed by atoms with Crippen LogP contribution in [0.5, 0.6) is 0 Å². The largest absolute Gasteiger partial charge is 0.393 e. The van der Waals surface area contributed by atoms with Gasteiger partial charge in [-0.15, -0.1) is 0 Å². The Kier molecular flexibility index (Phi) is 7.57. The molecule has 0 bridgehead atoms. The van der Waals surface area contributed by atoms with E-state index in [1.54, 1.807) is 0 Å². The Hall–Kier alpha value is -2.00. The predicted molar refractivity (Wildman–Crippen MR) is 185 cm³/mol. The summed E-state index contributed by atoms with van der Waals surface area (Å²) in [7, 11) is 0. The van der Waals surface area contributed by atoms with E-state index in [0.29, 0.717) is 57.8 Å². The molecule has 8 aliphatic carbocycles. The number of rotatable bonds is 4. The highest BCUT2D eigenvalue weighted by Gasteiger charge is 2.76. The monoisotopic (exact) mass is 690 g/mol. The van der Waals surface area contributed by atoms with Gasteiger partial charge < -0.3 is 20.4 Å². The average Bonchev–Trinajstić information content (AvgIpc) is 3.50. The van der Waals surface area contributed by atoms with Gasteiger partial charge in [0.05, 0.1) is 6.10 Å². The Morgan fingerprint density at radius 2 is 1.42 bits per heavy atom. The van der Waals surface area contributed by atoms with E-state index in [2.05, 4.69) is 20.8 Å². The molecule has 0 aromatic rings. The van der Waals surface area contributed by atoms with Crippen molar-refractivity contribution in [2.24, 2.45) is 62.6 Å². The van der Waals surface area contributed by atoms with E-state index in [1.807, 2.05) is 19.1 Å². The highest BCUT2D eigenvalue weighted by molar-refractivity contribution is 5.93. The van der Waals surface area contributed by atoms with Crippen molar-refractivity contribution in [3.8, 4) is 0 Å². The van der Waals surface area contributed by atoms with Gasteiger partial charge in [0.25, 0.3) is 0 Å². The first-order valence-corrected chi connectivity index (χ1v) is 19.6. The van der Waals surface area contributed by atoms with Crippen molar-refractivity contribution in [1.29, 1.82) is 0 Å². The van der Waals surface area contributed by atoms with Crippen molar-refractivity contribution >= 4 is 23.1 Å². The quantitative estimate of drug-likeness (QED) is 0.314. The van der Waals surface area contributed by atoms with Crippen molar-refractivity contribution in [2.75, 3.05) is 6.61 Å². The molecule has 8 nitrogen and oxygen atoms in total. The van der Waals surface area contributed by atoms with Crippen molar-refractivity contribution in [3.63, 3.8) is 0 Å². The van der Waals surface area contributed by atoms with E-state index >= 15 is 0 Å². The van der Waals surface area contributed by atoms with Crippen molar-refractivity contribution < 1.29 is 39.6 Å². The molecule has 0 aromatic carbocycles. The Bertz CT molecular complexity index is 1630. The molecule has 50 heavy (non-hydrogen) atoms. The van der Waals surface area contributed by atoms with Gasteiger partial charge in [0.1, 0.15) is 17.8 Å². The zero-order valence-electron chi connectivity index (χ0n) is 30.7. The molecular formula is C42H58O8. The zero-order chi connectivity index (χ0) is 36.0. The highest BCUT2D eigenvalue weighted by Crippen LogP contribution is 2.79. The third-order valence-corrected chi connectivity index (χ3v) is 18.5. The Morgan fingerprint density at radius 1 is 0.760 bits per heavy atom. The lowest BCUT2D eigenvalue weighted by atomic mass is 9.31. The first kappa shape index (κ1) is 35.1.